The molecule has 100 valence electrons. The maximum absolute atomic E-state index is 11.4. The monoisotopic (exact) mass is 284 g/mol. The summed E-state index contributed by atoms with van der Waals surface area (Å²) < 4.78 is 4.66. The number of hydrogen-bond donors (Lipinski definition) is 1. The number of para-hydroxylation sites is 1. The zero-order chi connectivity index (χ0) is 14.1. The number of esters is 1. The first kappa shape index (κ1) is 12.6. The molecule has 4 nitrogen and oxygen atoms in total. The van der Waals surface area contributed by atoms with Crippen LogP contribution in [0.4, 0.5) is 0 Å². The number of nitrogens with zero attached hydrogens (tertiary/aromatic N) is 1. The number of methoxy groups -OCH3 is 1. The van der Waals surface area contributed by atoms with Gasteiger partial charge < -0.3 is 9.72 Å². The first-order valence-electron chi connectivity index (χ1n) is 6.00. The van der Waals surface area contributed by atoms with Crippen LogP contribution in [0, 0.1) is 0 Å². The van der Waals surface area contributed by atoms with Gasteiger partial charge in [0.05, 0.1) is 7.11 Å². The Morgan fingerprint density at radius 2 is 2.20 bits per heavy atom. The molecular weight excluding hydrogens is 272 g/mol. The average Bonchev–Trinajstić information content (AvgIpc) is 3.12. The molecule has 0 aliphatic heterocycles. The molecule has 0 radical (unpaired) electrons. The summed E-state index contributed by atoms with van der Waals surface area (Å²) in [7, 11) is 1.34. The maximum atomic E-state index is 11.4. The molecule has 0 saturated carbocycles. The van der Waals surface area contributed by atoms with Gasteiger partial charge in [-0.25, -0.2) is 9.78 Å². The van der Waals surface area contributed by atoms with E-state index in [1.807, 2.05) is 30.5 Å². The molecule has 0 aliphatic carbocycles. The van der Waals surface area contributed by atoms with Gasteiger partial charge >= 0.3 is 5.97 Å². The minimum Gasteiger partial charge on any atom is -0.464 e. The molecule has 2 heterocycles. The Kier molecular flexibility index (Phi) is 3.12. The molecule has 0 saturated heterocycles. The third kappa shape index (κ3) is 2.02. The molecule has 1 N–H and O–H groups in total. The number of carbonyl (C=O) groups is 1. The molecule has 2 aromatic heterocycles. The summed E-state index contributed by atoms with van der Waals surface area (Å²) in [5.41, 5.74) is 3.15. The number of rotatable bonds is 3. The smallest absolute Gasteiger partial charge is 0.357 e. The van der Waals surface area contributed by atoms with Crippen LogP contribution < -0.4 is 0 Å². The van der Waals surface area contributed by atoms with Gasteiger partial charge in [0, 0.05) is 33.6 Å². The van der Waals surface area contributed by atoms with Gasteiger partial charge in [-0.15, -0.1) is 11.3 Å². The third-order valence-corrected chi connectivity index (χ3v) is 3.97. The first-order valence-corrected chi connectivity index (χ1v) is 6.88. The van der Waals surface area contributed by atoms with Gasteiger partial charge in [0.25, 0.3) is 0 Å². The van der Waals surface area contributed by atoms with Crippen LogP contribution in [0.15, 0.2) is 42.4 Å². The molecule has 0 atom stereocenters. The van der Waals surface area contributed by atoms with Gasteiger partial charge in [-0.05, 0) is 6.07 Å². The van der Waals surface area contributed by atoms with E-state index in [0.717, 1.165) is 27.0 Å². The normalized spacial score (nSPS) is 10.7. The highest BCUT2D eigenvalue weighted by molar-refractivity contribution is 7.11. The lowest BCUT2D eigenvalue weighted by Gasteiger charge is -2.00. The van der Waals surface area contributed by atoms with Crippen molar-refractivity contribution in [2.24, 2.45) is 0 Å². The molecule has 0 bridgehead atoms. The van der Waals surface area contributed by atoms with Crippen molar-refractivity contribution >= 4 is 33.8 Å². The Hall–Kier alpha value is -2.40. The lowest BCUT2D eigenvalue weighted by Crippen LogP contribution is -2.01. The van der Waals surface area contributed by atoms with Crippen molar-refractivity contribution in [2.45, 2.75) is 0 Å². The Morgan fingerprint density at radius 3 is 3.00 bits per heavy atom. The standard InChI is InChI=1S/C15H12N2O2S/c1-9(14-17-13(8-20-14)15(18)19-2)11-7-16-12-6-4-3-5-10(11)12/h3-8,16H,1H2,2H3. The minimum absolute atomic E-state index is 0.313. The number of thiazole rings is 1. The van der Waals surface area contributed by atoms with E-state index < -0.39 is 5.97 Å². The fraction of sp³-hybridized carbons (Fsp3) is 0.0667. The molecule has 0 unspecified atom stereocenters. The number of aromatic amines is 1. The highest BCUT2D eigenvalue weighted by Gasteiger charge is 2.15. The SMILES string of the molecule is C=C(c1nc(C(=O)OC)cs1)c1c[nH]c2ccccc12. The average molecular weight is 284 g/mol. The Bertz CT molecular complexity index is 801. The topological polar surface area (TPSA) is 55.0 Å². The van der Waals surface area contributed by atoms with E-state index in [0.29, 0.717) is 5.69 Å². The third-order valence-electron chi connectivity index (χ3n) is 3.07. The number of H-pyrrole nitrogens is 1. The number of aromatic nitrogens is 2. The van der Waals surface area contributed by atoms with E-state index in [4.69, 9.17) is 0 Å². The molecule has 3 aromatic rings. The van der Waals surface area contributed by atoms with Gasteiger partial charge in [0.15, 0.2) is 5.69 Å². The molecule has 1 aromatic carbocycles. The summed E-state index contributed by atoms with van der Waals surface area (Å²) in [4.78, 5) is 18.9. The lowest BCUT2D eigenvalue weighted by atomic mass is 10.1. The largest absolute Gasteiger partial charge is 0.464 e. The Labute approximate surface area is 119 Å². The molecular formula is C15H12N2O2S. The first-order chi connectivity index (χ1) is 9.70. The van der Waals surface area contributed by atoms with Gasteiger partial charge in [0.1, 0.15) is 5.01 Å². The summed E-state index contributed by atoms with van der Waals surface area (Å²) in [6, 6.07) is 7.99. The van der Waals surface area contributed by atoms with Crippen LogP contribution in [0.2, 0.25) is 0 Å². The number of benzene rings is 1. The van der Waals surface area contributed by atoms with Crippen molar-refractivity contribution < 1.29 is 9.53 Å². The van der Waals surface area contributed by atoms with Crippen molar-refractivity contribution in [3.63, 3.8) is 0 Å². The van der Waals surface area contributed by atoms with E-state index in [9.17, 15) is 4.79 Å². The number of fused-ring (bicyclic) bond motifs is 1. The van der Waals surface area contributed by atoms with Crippen molar-refractivity contribution in [1.29, 1.82) is 0 Å². The van der Waals surface area contributed by atoms with Gasteiger partial charge in [0.2, 0.25) is 0 Å². The minimum atomic E-state index is -0.431. The van der Waals surface area contributed by atoms with Crippen molar-refractivity contribution in [2.75, 3.05) is 7.11 Å². The molecule has 20 heavy (non-hydrogen) atoms. The van der Waals surface area contributed by atoms with Crippen LogP contribution >= 0.6 is 11.3 Å². The van der Waals surface area contributed by atoms with Crippen molar-refractivity contribution in [3.05, 3.63) is 58.7 Å². The van der Waals surface area contributed by atoms with Crippen molar-refractivity contribution in [1.82, 2.24) is 9.97 Å². The predicted molar refractivity (Wildman–Crippen MR) is 79.9 cm³/mol. The zero-order valence-corrected chi connectivity index (χ0v) is 11.7. The van der Waals surface area contributed by atoms with E-state index in [1.54, 1.807) is 5.38 Å². The molecule has 3 rings (SSSR count). The molecule has 5 heteroatoms. The lowest BCUT2D eigenvalue weighted by molar-refractivity contribution is 0.0595. The summed E-state index contributed by atoms with van der Waals surface area (Å²) >= 11 is 1.38. The second-order valence-corrected chi connectivity index (χ2v) is 5.11. The molecule has 0 spiro atoms. The fourth-order valence-electron chi connectivity index (χ4n) is 2.05. The maximum Gasteiger partial charge on any atom is 0.357 e. The quantitative estimate of drug-likeness (QED) is 0.749. The van der Waals surface area contributed by atoms with Gasteiger partial charge in [-0.3, -0.25) is 0 Å². The van der Waals surface area contributed by atoms with Crippen molar-refractivity contribution in [3.8, 4) is 0 Å². The van der Waals surface area contributed by atoms with Crippen LogP contribution in [-0.2, 0) is 4.74 Å². The molecule has 0 aliphatic rings. The number of hydrogen-bond acceptors (Lipinski definition) is 4. The van der Waals surface area contributed by atoms with Crippen LogP contribution in [0.3, 0.4) is 0 Å². The zero-order valence-electron chi connectivity index (χ0n) is 10.8. The fourth-order valence-corrected chi connectivity index (χ4v) is 2.82. The van der Waals surface area contributed by atoms with Gasteiger partial charge in [-0.1, -0.05) is 24.8 Å². The highest BCUT2D eigenvalue weighted by Crippen LogP contribution is 2.30. The van der Waals surface area contributed by atoms with E-state index in [2.05, 4.69) is 21.3 Å². The van der Waals surface area contributed by atoms with E-state index in [1.165, 1.54) is 18.4 Å². The van der Waals surface area contributed by atoms with E-state index in [-0.39, 0.29) is 0 Å². The highest BCUT2D eigenvalue weighted by atomic mass is 32.1. The molecule has 0 amide bonds. The second-order valence-electron chi connectivity index (χ2n) is 4.26. The summed E-state index contributed by atoms with van der Waals surface area (Å²) in [6.45, 7) is 4.09. The van der Waals surface area contributed by atoms with E-state index >= 15 is 0 Å². The summed E-state index contributed by atoms with van der Waals surface area (Å²) in [6.07, 6.45) is 1.91. The second kappa shape index (κ2) is 4.94. The Balaban J connectivity index is 2.00. The van der Waals surface area contributed by atoms with Crippen LogP contribution in [0.5, 0.6) is 0 Å². The van der Waals surface area contributed by atoms with Gasteiger partial charge in [-0.2, -0.15) is 0 Å². The van der Waals surface area contributed by atoms with Crippen LogP contribution in [0.25, 0.3) is 16.5 Å². The number of carbonyl (C=O) groups excluding carboxylic acids is 1. The number of nitrogens with one attached hydrogen (secondary N) is 1. The predicted octanol–water partition coefficient (Wildman–Crippen LogP) is 3.47. The summed E-state index contributed by atoms with van der Waals surface area (Å²) in [5.74, 6) is -0.431. The number of ether oxygens (including phenoxy) is 1. The molecule has 0 fully saturated rings. The summed E-state index contributed by atoms with van der Waals surface area (Å²) in [5, 5.41) is 3.49. The van der Waals surface area contributed by atoms with Crippen LogP contribution in [0.1, 0.15) is 21.1 Å². The Morgan fingerprint density at radius 1 is 1.40 bits per heavy atom. The van der Waals surface area contributed by atoms with Crippen LogP contribution in [-0.4, -0.2) is 23.0 Å².